The smallest absolute Gasteiger partial charge is 0.255 e. The van der Waals surface area contributed by atoms with E-state index < -0.39 is 39.6 Å². The first-order chi connectivity index (χ1) is 8.41. The van der Waals surface area contributed by atoms with Crippen molar-refractivity contribution >= 4 is 10.1 Å². The summed E-state index contributed by atoms with van der Waals surface area (Å²) in [5.41, 5.74) is 0. The van der Waals surface area contributed by atoms with E-state index in [9.17, 15) is 52.3 Å². The Morgan fingerprint density at radius 1 is 0.900 bits per heavy atom. The molecule has 1 aliphatic rings. The summed E-state index contributed by atoms with van der Waals surface area (Å²) in [4.78, 5) is 0. The monoisotopic (exact) mass is 346 g/mol. The van der Waals surface area contributed by atoms with E-state index >= 15 is 0 Å². The summed E-state index contributed by atoms with van der Waals surface area (Å²) in [6.45, 7) is 0. The van der Waals surface area contributed by atoms with Crippen molar-refractivity contribution in [1.29, 1.82) is 0 Å². The predicted octanol–water partition coefficient (Wildman–Crippen LogP) is 2.37. The number of hydrogen-bond acceptors (Lipinski definition) is 4. The first-order valence-corrected chi connectivity index (χ1v) is 5.36. The molecule has 0 N–H and O–H groups in total. The van der Waals surface area contributed by atoms with Crippen LogP contribution in [0.2, 0.25) is 0 Å². The molecule has 120 valence electrons. The molecule has 1 fully saturated rings. The van der Waals surface area contributed by atoms with Gasteiger partial charge in [0.25, 0.3) is 0 Å². The Balaban J connectivity index is 3.21. The Kier molecular flexibility index (Phi) is 3.34. The first-order valence-electron chi connectivity index (χ1n) is 3.96. The molecule has 1 atom stereocenters. The molecule has 0 aromatic rings. The zero-order chi connectivity index (χ0) is 16.4. The first kappa shape index (κ1) is 17.2. The van der Waals surface area contributed by atoms with E-state index in [-0.39, 0.29) is 0 Å². The molecule has 0 saturated carbocycles. The van der Waals surface area contributed by atoms with Gasteiger partial charge in [0.1, 0.15) is 0 Å². The third kappa shape index (κ3) is 2.02. The molecular formula is C5F10O4S. The summed E-state index contributed by atoms with van der Waals surface area (Å²) in [6, 6.07) is 0. The van der Waals surface area contributed by atoms with Crippen molar-refractivity contribution in [3.05, 3.63) is 0 Å². The predicted molar refractivity (Wildman–Crippen MR) is 35.8 cm³/mol. The molecule has 0 bridgehead atoms. The molecule has 0 aliphatic carbocycles. The minimum Gasteiger partial charge on any atom is -0.255 e. The summed E-state index contributed by atoms with van der Waals surface area (Å²) >= 11 is 0. The third-order valence-corrected chi connectivity index (χ3v) is 3.26. The Hall–Kier alpha value is -0.830. The van der Waals surface area contributed by atoms with Crippen LogP contribution in [0.1, 0.15) is 0 Å². The number of hydrogen-bond donors (Lipinski definition) is 0. The van der Waals surface area contributed by atoms with E-state index in [0.29, 0.717) is 0 Å². The highest BCUT2D eigenvalue weighted by Gasteiger charge is 2.87. The highest BCUT2D eigenvalue weighted by Crippen LogP contribution is 2.57. The Morgan fingerprint density at radius 3 is 1.55 bits per heavy atom. The van der Waals surface area contributed by atoms with E-state index in [0.717, 1.165) is 0 Å². The van der Waals surface area contributed by atoms with Crippen LogP contribution >= 0.6 is 0 Å². The fourth-order valence-corrected chi connectivity index (χ4v) is 1.77. The van der Waals surface area contributed by atoms with Gasteiger partial charge in [-0.25, -0.2) is 0 Å². The van der Waals surface area contributed by atoms with Gasteiger partial charge in [0.2, 0.25) is 0 Å². The maximum Gasteiger partial charge on any atom is 0.462 e. The summed E-state index contributed by atoms with van der Waals surface area (Å²) in [5.74, 6) is -7.14. The lowest BCUT2D eigenvalue weighted by molar-refractivity contribution is -0.482. The summed E-state index contributed by atoms with van der Waals surface area (Å²) in [7, 11) is -6.29. The van der Waals surface area contributed by atoms with Gasteiger partial charge in [0.05, 0.1) is 0 Å². The van der Waals surface area contributed by atoms with E-state index in [4.69, 9.17) is 0 Å². The van der Waals surface area contributed by atoms with Crippen LogP contribution < -0.4 is 0 Å². The lowest BCUT2D eigenvalue weighted by Crippen LogP contribution is -2.70. The molecule has 0 radical (unpaired) electrons. The summed E-state index contributed by atoms with van der Waals surface area (Å²) in [5, 5.41) is -5.89. The van der Waals surface area contributed by atoms with Gasteiger partial charge < -0.3 is 0 Å². The minimum absolute atomic E-state index is 1.95. The number of halogens is 10. The third-order valence-electron chi connectivity index (χ3n) is 1.86. The van der Waals surface area contributed by atoms with Crippen LogP contribution in [0.4, 0.5) is 43.9 Å². The number of rotatable bonds is 3. The van der Waals surface area contributed by atoms with E-state index in [1.165, 1.54) is 0 Å². The van der Waals surface area contributed by atoms with Gasteiger partial charge in [-0.2, -0.15) is 56.5 Å². The fourth-order valence-electron chi connectivity index (χ4n) is 0.857. The fraction of sp³-hybridized carbons (Fsp3) is 1.00. The largest absolute Gasteiger partial charge is 0.462 e. The normalized spacial score (nSPS) is 29.9. The molecule has 20 heavy (non-hydrogen) atoms. The van der Waals surface area contributed by atoms with Gasteiger partial charge in [-0.05, 0) is 0 Å². The van der Waals surface area contributed by atoms with Crippen LogP contribution in [0.25, 0.3) is 0 Å². The molecule has 4 nitrogen and oxygen atoms in total. The summed E-state index contributed by atoms with van der Waals surface area (Å²) < 4.78 is 147. The molecule has 1 rings (SSSR count). The molecule has 1 heterocycles. The molecule has 0 aromatic carbocycles. The molecular weight excluding hydrogens is 346 g/mol. The molecule has 1 aliphatic heterocycles. The summed E-state index contributed by atoms with van der Waals surface area (Å²) in [6.07, 6.45) is -19.7. The van der Waals surface area contributed by atoms with Crippen molar-refractivity contribution < 1.29 is 61.2 Å². The zero-order valence-corrected chi connectivity index (χ0v) is 9.14. The molecule has 1 saturated heterocycles. The van der Waals surface area contributed by atoms with Crippen molar-refractivity contribution in [2.75, 3.05) is 0 Å². The second-order valence-electron chi connectivity index (χ2n) is 3.28. The maximum atomic E-state index is 13.0. The van der Waals surface area contributed by atoms with Crippen LogP contribution in [0.3, 0.4) is 0 Å². The van der Waals surface area contributed by atoms with Gasteiger partial charge >= 0.3 is 39.6 Å². The quantitative estimate of drug-likeness (QED) is 0.582. The van der Waals surface area contributed by atoms with Crippen molar-refractivity contribution in [2.45, 2.75) is 29.5 Å². The molecule has 0 spiro atoms. The Bertz CT molecular complexity index is 508. The van der Waals surface area contributed by atoms with Crippen molar-refractivity contribution in [1.82, 2.24) is 0 Å². The van der Waals surface area contributed by atoms with Gasteiger partial charge in [0, 0.05) is 0 Å². The molecule has 0 amide bonds. The number of ether oxygens (including phenoxy) is 1. The average molecular weight is 346 g/mol. The second kappa shape index (κ2) is 3.88. The minimum atomic E-state index is -7.14. The molecule has 15 heteroatoms. The van der Waals surface area contributed by atoms with Crippen LogP contribution in [0.15, 0.2) is 0 Å². The van der Waals surface area contributed by atoms with Crippen LogP contribution in [0, 0.1) is 0 Å². The lowest BCUT2D eigenvalue weighted by Gasteiger charge is -2.41. The van der Waals surface area contributed by atoms with Crippen LogP contribution in [-0.2, 0) is 19.0 Å². The van der Waals surface area contributed by atoms with Crippen molar-refractivity contribution in [3.8, 4) is 0 Å². The Morgan fingerprint density at radius 2 is 1.30 bits per heavy atom. The average Bonchev–Trinajstić information content (AvgIpc) is 2.12. The highest BCUT2D eigenvalue weighted by atomic mass is 32.2. The maximum absolute atomic E-state index is 13.0. The van der Waals surface area contributed by atoms with Gasteiger partial charge in [-0.15, -0.1) is 0 Å². The van der Waals surface area contributed by atoms with Crippen LogP contribution in [0.5, 0.6) is 0 Å². The zero-order valence-electron chi connectivity index (χ0n) is 8.32. The molecule has 1 unspecified atom stereocenters. The SMILES string of the molecule is O=S1(=O)OC(F)(F)C1(F)OC(F)(F)C(F)(F)C(F)(F)F. The Labute approximate surface area is 102 Å². The van der Waals surface area contributed by atoms with E-state index in [2.05, 4.69) is 4.18 Å². The van der Waals surface area contributed by atoms with Gasteiger partial charge in [-0.1, -0.05) is 0 Å². The van der Waals surface area contributed by atoms with Gasteiger partial charge in [-0.3, -0.25) is 4.74 Å². The van der Waals surface area contributed by atoms with Crippen molar-refractivity contribution in [3.63, 3.8) is 0 Å². The standard InChI is InChI=1S/C5F10O4S/c6-1(7,2(8,9)10)3(11,12)18-5(15)4(13,14)19-20(5,16)17. The topological polar surface area (TPSA) is 52.6 Å². The van der Waals surface area contributed by atoms with E-state index in [1.54, 1.807) is 0 Å². The highest BCUT2D eigenvalue weighted by molar-refractivity contribution is 7.89. The lowest BCUT2D eigenvalue weighted by atomic mass is 10.3. The van der Waals surface area contributed by atoms with E-state index in [1.807, 2.05) is 4.74 Å². The second-order valence-corrected chi connectivity index (χ2v) is 4.88. The number of alkyl halides is 10. The van der Waals surface area contributed by atoms with Crippen molar-refractivity contribution in [2.24, 2.45) is 0 Å². The van der Waals surface area contributed by atoms with Crippen LogP contribution in [-0.4, -0.2) is 37.9 Å². The van der Waals surface area contributed by atoms with Gasteiger partial charge in [0.15, 0.2) is 0 Å². The molecule has 0 aromatic heterocycles.